The fourth-order valence-corrected chi connectivity index (χ4v) is 0. The van der Waals surface area contributed by atoms with Gasteiger partial charge in [0.05, 0.1) is 0 Å². The molecule has 0 aliphatic rings. The Hall–Kier alpha value is 1.75. The van der Waals surface area contributed by atoms with Crippen LogP contribution >= 0.6 is 0 Å². The summed E-state index contributed by atoms with van der Waals surface area (Å²) in [6.45, 7) is 0. The van der Waals surface area contributed by atoms with Gasteiger partial charge in [-0.25, -0.2) is 0 Å². The molecular formula is CH4AgMnNi. The smallest absolute Gasteiger partial charge is 0 e. The van der Waals surface area contributed by atoms with Gasteiger partial charge in [0.15, 0.2) is 0 Å². The number of hydrogen-bond acceptors (Lipinski definition) is 0. The molecule has 0 rings (SSSR count). The SMILES string of the molecule is C.[Ag].[Mn].[Ni]. The molecule has 3 heteroatoms. The predicted molar refractivity (Wildman–Crippen MR) is 6.73 cm³/mol. The maximum Gasteiger partial charge on any atom is 0 e. The second kappa shape index (κ2) is 21.8. The Kier molecular flexibility index (Phi) is 230. The summed E-state index contributed by atoms with van der Waals surface area (Å²) in [5.41, 5.74) is 0. The normalized spacial score (nSPS) is 0. The molecule has 0 atom stereocenters. The van der Waals surface area contributed by atoms with Crippen molar-refractivity contribution in [1.29, 1.82) is 0 Å². The third kappa shape index (κ3) is 9.26. The van der Waals surface area contributed by atoms with Crippen LogP contribution in [0.4, 0.5) is 0 Å². The van der Waals surface area contributed by atoms with Gasteiger partial charge in [0.2, 0.25) is 0 Å². The molecule has 0 aromatic heterocycles. The van der Waals surface area contributed by atoms with Crippen LogP contribution in [-0.4, -0.2) is 0 Å². The van der Waals surface area contributed by atoms with Crippen molar-refractivity contribution < 1.29 is 55.9 Å². The first-order chi connectivity index (χ1) is 0. The first kappa shape index (κ1) is 42.3. The predicted octanol–water partition coefficient (Wildman–Crippen LogP) is 0.629. The van der Waals surface area contributed by atoms with E-state index in [-0.39, 0.29) is 63.4 Å². The number of hydrogen-bond donors (Lipinski definition) is 0. The molecule has 0 fully saturated rings. The van der Waals surface area contributed by atoms with Crippen LogP contribution in [0.2, 0.25) is 0 Å². The summed E-state index contributed by atoms with van der Waals surface area (Å²) in [5.74, 6) is 0. The molecule has 0 aromatic carbocycles. The molecule has 4 heavy (non-hydrogen) atoms. The maximum atomic E-state index is 0. The van der Waals surface area contributed by atoms with E-state index >= 15 is 0 Å². The van der Waals surface area contributed by atoms with Crippen molar-refractivity contribution in [1.82, 2.24) is 0 Å². The van der Waals surface area contributed by atoms with Crippen molar-refractivity contribution in [2.24, 2.45) is 0 Å². The second-order valence-corrected chi connectivity index (χ2v) is 0. The Labute approximate surface area is 63.0 Å². The van der Waals surface area contributed by atoms with Crippen molar-refractivity contribution >= 4 is 0 Å². The van der Waals surface area contributed by atoms with E-state index in [1.165, 1.54) is 0 Å². The zero-order valence-corrected chi connectivity index (χ0v) is 4.65. The number of rotatable bonds is 0. The topological polar surface area (TPSA) is 0 Å². The summed E-state index contributed by atoms with van der Waals surface area (Å²) >= 11 is 0. The molecule has 0 saturated carbocycles. The van der Waals surface area contributed by atoms with Crippen molar-refractivity contribution in [2.45, 2.75) is 7.43 Å². The van der Waals surface area contributed by atoms with E-state index in [1.54, 1.807) is 0 Å². The molecule has 2 radical (unpaired) electrons. The van der Waals surface area contributed by atoms with Crippen LogP contribution in [0.1, 0.15) is 7.43 Å². The molecule has 0 saturated heterocycles. The summed E-state index contributed by atoms with van der Waals surface area (Å²) in [7, 11) is 0. The standard InChI is InChI=1S/CH4.Ag.Mn.Ni/h1H4;;;. The molecule has 0 heterocycles. The van der Waals surface area contributed by atoms with Crippen molar-refractivity contribution in [2.75, 3.05) is 0 Å². The third-order valence-electron chi connectivity index (χ3n) is 0. The fraction of sp³-hybridized carbons (Fsp3) is 1.00. The Bertz CT molecular complexity index is 8.00. The molecule has 0 amide bonds. The minimum atomic E-state index is 0. The average Bonchev–Trinajstić information content (AvgIpc) is 0. The van der Waals surface area contributed by atoms with Crippen molar-refractivity contribution in [3.05, 3.63) is 0 Å². The summed E-state index contributed by atoms with van der Waals surface area (Å²) < 4.78 is 0. The molecule has 0 unspecified atom stereocenters. The fourth-order valence-electron chi connectivity index (χ4n) is 0. The minimum Gasteiger partial charge on any atom is -0.0776 e. The van der Waals surface area contributed by atoms with E-state index in [9.17, 15) is 0 Å². The van der Waals surface area contributed by atoms with Crippen LogP contribution in [0.15, 0.2) is 0 Å². The minimum absolute atomic E-state index is 0. The molecule has 0 N–H and O–H groups in total. The van der Waals surface area contributed by atoms with Crippen LogP contribution in [0.5, 0.6) is 0 Å². The van der Waals surface area contributed by atoms with E-state index in [4.69, 9.17) is 0 Å². The van der Waals surface area contributed by atoms with Gasteiger partial charge in [-0.1, -0.05) is 7.43 Å². The van der Waals surface area contributed by atoms with Gasteiger partial charge in [0.25, 0.3) is 0 Å². The van der Waals surface area contributed by atoms with Crippen LogP contribution in [-0.2, 0) is 55.9 Å². The van der Waals surface area contributed by atoms with Gasteiger partial charge in [-0.05, 0) is 0 Å². The third-order valence-corrected chi connectivity index (χ3v) is 0. The van der Waals surface area contributed by atoms with E-state index in [0.29, 0.717) is 0 Å². The van der Waals surface area contributed by atoms with Gasteiger partial charge in [-0.15, -0.1) is 0 Å². The Balaban J connectivity index is 0. The molecule has 36 valence electrons. The Morgan fingerprint density at radius 2 is 1.00 bits per heavy atom. The van der Waals surface area contributed by atoms with Gasteiger partial charge < -0.3 is 0 Å². The Morgan fingerprint density at radius 1 is 1.00 bits per heavy atom. The summed E-state index contributed by atoms with van der Waals surface area (Å²) in [5, 5.41) is 0. The Morgan fingerprint density at radius 3 is 1.00 bits per heavy atom. The zero-order valence-electron chi connectivity index (χ0n) is 0.996. The van der Waals surface area contributed by atoms with Crippen LogP contribution in [0, 0.1) is 0 Å². The van der Waals surface area contributed by atoms with Crippen molar-refractivity contribution in [3.8, 4) is 0 Å². The molecule has 0 spiro atoms. The second-order valence-electron chi connectivity index (χ2n) is 0. The molecule has 0 bridgehead atoms. The first-order valence-corrected chi connectivity index (χ1v) is 0. The first-order valence-electron chi connectivity index (χ1n) is 0. The maximum absolute atomic E-state index is 0. The molecule has 0 nitrogen and oxygen atoms in total. The average molecular weight is 238 g/mol. The molecule has 0 aromatic rings. The van der Waals surface area contributed by atoms with Crippen LogP contribution in [0.3, 0.4) is 0 Å². The van der Waals surface area contributed by atoms with Crippen LogP contribution in [0.25, 0.3) is 0 Å². The van der Waals surface area contributed by atoms with Crippen molar-refractivity contribution in [3.63, 3.8) is 0 Å². The largest absolute Gasteiger partial charge is 0.0776 e. The summed E-state index contributed by atoms with van der Waals surface area (Å²) in [4.78, 5) is 0. The molecule has 0 aliphatic carbocycles. The summed E-state index contributed by atoms with van der Waals surface area (Å²) in [6.07, 6.45) is 0. The summed E-state index contributed by atoms with van der Waals surface area (Å²) in [6, 6.07) is 0. The van der Waals surface area contributed by atoms with E-state index < -0.39 is 0 Å². The van der Waals surface area contributed by atoms with Gasteiger partial charge in [0.1, 0.15) is 0 Å². The van der Waals surface area contributed by atoms with Gasteiger partial charge in [-0.3, -0.25) is 0 Å². The van der Waals surface area contributed by atoms with Gasteiger partial charge >= 0.3 is 0 Å². The zero-order chi connectivity index (χ0) is 0. The van der Waals surface area contributed by atoms with Crippen LogP contribution < -0.4 is 0 Å². The van der Waals surface area contributed by atoms with E-state index in [2.05, 4.69) is 0 Å². The van der Waals surface area contributed by atoms with Gasteiger partial charge in [0, 0.05) is 55.9 Å². The molecule has 0 aliphatic heterocycles. The molecular weight excluding hydrogens is 234 g/mol. The monoisotopic (exact) mass is 236 g/mol. The van der Waals surface area contributed by atoms with E-state index in [1.807, 2.05) is 0 Å². The van der Waals surface area contributed by atoms with Gasteiger partial charge in [-0.2, -0.15) is 0 Å². The quantitative estimate of drug-likeness (QED) is 0.542. The van der Waals surface area contributed by atoms with E-state index in [0.717, 1.165) is 0 Å².